The third-order valence-electron chi connectivity index (χ3n) is 2.52. The predicted octanol–water partition coefficient (Wildman–Crippen LogP) is 3.17. The van der Waals surface area contributed by atoms with Crippen molar-refractivity contribution in [2.75, 3.05) is 0 Å². The average Bonchev–Trinajstić information content (AvgIpc) is 2.30. The van der Waals surface area contributed by atoms with Crippen LogP contribution < -0.4 is 0 Å². The maximum Gasteiger partial charge on any atom is 0.115 e. The van der Waals surface area contributed by atoms with E-state index in [1.54, 1.807) is 12.1 Å². The number of benzene rings is 2. The van der Waals surface area contributed by atoms with Gasteiger partial charge in [-0.2, -0.15) is 0 Å². The smallest absolute Gasteiger partial charge is 0.115 e. The van der Waals surface area contributed by atoms with Crippen LogP contribution in [0.2, 0.25) is 0 Å². The molecule has 17 heavy (non-hydrogen) atoms. The zero-order chi connectivity index (χ0) is 12.5. The Kier molecular flexibility index (Phi) is 2.90. The molecule has 2 rings (SSSR count). The molecular formula is C13H13NO2S. The highest BCUT2D eigenvalue weighted by Crippen LogP contribution is 2.23. The van der Waals surface area contributed by atoms with Gasteiger partial charge in [-0.1, -0.05) is 17.7 Å². The molecule has 2 aromatic carbocycles. The molecule has 3 nitrogen and oxygen atoms in total. The molecule has 0 amide bonds. The molecule has 4 heteroatoms. The van der Waals surface area contributed by atoms with Gasteiger partial charge in [-0.25, -0.2) is 8.99 Å². The number of nitrogens with one attached hydrogen (secondary N) is 1. The summed E-state index contributed by atoms with van der Waals surface area (Å²) in [6, 6.07) is 13.0. The Hall–Kier alpha value is -1.81. The Labute approximate surface area is 101 Å². The van der Waals surface area contributed by atoms with E-state index in [1.807, 2.05) is 19.1 Å². The number of hydrogen-bond donors (Lipinski definition) is 2. The van der Waals surface area contributed by atoms with E-state index < -0.39 is 9.73 Å². The lowest BCUT2D eigenvalue weighted by atomic mass is 10.2. The van der Waals surface area contributed by atoms with Gasteiger partial charge in [-0.15, -0.1) is 0 Å². The number of phenolic OH excluding ortho intramolecular Hbond substituents is 1. The summed E-state index contributed by atoms with van der Waals surface area (Å²) in [6.45, 7) is 1.94. The Balaban J connectivity index is 2.50. The lowest BCUT2D eigenvalue weighted by molar-refractivity contribution is 0.475. The SMILES string of the molecule is Cc1ccc(S(=N)(=O)c2ccc(O)cc2)cc1. The molecule has 0 bridgehead atoms. The third-order valence-corrected chi connectivity index (χ3v) is 4.39. The van der Waals surface area contributed by atoms with Gasteiger partial charge in [0.1, 0.15) is 15.5 Å². The Morgan fingerprint density at radius 2 is 1.35 bits per heavy atom. The Morgan fingerprint density at radius 3 is 1.82 bits per heavy atom. The van der Waals surface area contributed by atoms with Gasteiger partial charge in [0.15, 0.2) is 0 Å². The van der Waals surface area contributed by atoms with Crippen molar-refractivity contribution in [1.29, 1.82) is 4.78 Å². The molecule has 0 fully saturated rings. The monoisotopic (exact) mass is 247 g/mol. The largest absolute Gasteiger partial charge is 0.508 e. The van der Waals surface area contributed by atoms with E-state index in [2.05, 4.69) is 0 Å². The van der Waals surface area contributed by atoms with E-state index in [-0.39, 0.29) is 5.75 Å². The van der Waals surface area contributed by atoms with Crippen LogP contribution in [-0.4, -0.2) is 9.32 Å². The van der Waals surface area contributed by atoms with Crippen molar-refractivity contribution in [2.24, 2.45) is 0 Å². The van der Waals surface area contributed by atoms with Crippen molar-refractivity contribution < 1.29 is 9.32 Å². The van der Waals surface area contributed by atoms with Crippen molar-refractivity contribution in [3.8, 4) is 5.75 Å². The van der Waals surface area contributed by atoms with Gasteiger partial charge in [0, 0.05) is 0 Å². The van der Waals surface area contributed by atoms with Crippen LogP contribution in [-0.2, 0) is 9.73 Å². The minimum Gasteiger partial charge on any atom is -0.508 e. The van der Waals surface area contributed by atoms with Gasteiger partial charge >= 0.3 is 0 Å². The first-order chi connectivity index (χ1) is 8.00. The van der Waals surface area contributed by atoms with E-state index in [4.69, 9.17) is 4.78 Å². The normalized spacial score (nSPS) is 14.2. The van der Waals surface area contributed by atoms with Gasteiger partial charge < -0.3 is 5.11 Å². The number of hydrogen-bond acceptors (Lipinski definition) is 3. The maximum absolute atomic E-state index is 12.4. The van der Waals surface area contributed by atoms with Crippen molar-refractivity contribution in [3.05, 3.63) is 54.1 Å². The average molecular weight is 247 g/mol. The first-order valence-corrected chi connectivity index (χ1v) is 6.70. The first-order valence-electron chi connectivity index (χ1n) is 5.15. The van der Waals surface area contributed by atoms with Crippen LogP contribution in [0, 0.1) is 11.7 Å². The fraction of sp³-hybridized carbons (Fsp3) is 0.0769. The van der Waals surface area contributed by atoms with Crippen LogP contribution in [0.1, 0.15) is 5.56 Å². The third kappa shape index (κ3) is 2.31. The summed E-state index contributed by atoms with van der Waals surface area (Å²) in [5.74, 6) is 0.104. The highest BCUT2D eigenvalue weighted by molar-refractivity contribution is 7.92. The molecule has 1 unspecified atom stereocenters. The summed E-state index contributed by atoms with van der Waals surface area (Å²) < 4.78 is 20.4. The van der Waals surface area contributed by atoms with Crippen LogP contribution in [0.4, 0.5) is 0 Å². The minimum absolute atomic E-state index is 0.104. The minimum atomic E-state index is -2.98. The van der Waals surface area contributed by atoms with Gasteiger partial charge in [-0.3, -0.25) is 0 Å². The molecule has 0 spiro atoms. The lowest BCUT2D eigenvalue weighted by Gasteiger charge is -2.08. The second-order valence-corrected chi connectivity index (χ2v) is 5.92. The molecule has 0 aliphatic carbocycles. The van der Waals surface area contributed by atoms with Crippen molar-refractivity contribution >= 4 is 9.73 Å². The summed E-state index contributed by atoms with van der Waals surface area (Å²) in [4.78, 5) is 0.882. The molecule has 1 atom stereocenters. The van der Waals surface area contributed by atoms with E-state index >= 15 is 0 Å². The Bertz CT molecular complexity index is 562. The highest BCUT2D eigenvalue weighted by Gasteiger charge is 2.12. The standard InChI is InChI=1S/C13H13NO2S/c1-10-2-6-12(7-3-10)17(14,16)13-8-4-11(15)5-9-13/h2-9,14-15H,1H3. The van der Waals surface area contributed by atoms with Gasteiger partial charge in [0.2, 0.25) is 0 Å². The van der Waals surface area contributed by atoms with Crippen molar-refractivity contribution in [2.45, 2.75) is 16.7 Å². The molecule has 88 valence electrons. The zero-order valence-electron chi connectivity index (χ0n) is 9.38. The summed E-state index contributed by atoms with van der Waals surface area (Å²) in [7, 11) is -2.98. The summed E-state index contributed by atoms with van der Waals surface area (Å²) >= 11 is 0. The second kappa shape index (κ2) is 4.22. The lowest BCUT2D eigenvalue weighted by Crippen LogP contribution is -1.99. The number of phenols is 1. The molecule has 0 aliphatic rings. The second-order valence-electron chi connectivity index (χ2n) is 3.86. The zero-order valence-corrected chi connectivity index (χ0v) is 10.2. The predicted molar refractivity (Wildman–Crippen MR) is 66.7 cm³/mol. The molecule has 2 N–H and O–H groups in total. The molecule has 0 saturated heterocycles. The van der Waals surface area contributed by atoms with Gasteiger partial charge in [0.25, 0.3) is 0 Å². The van der Waals surface area contributed by atoms with Crippen LogP contribution in [0.3, 0.4) is 0 Å². The molecule has 0 aromatic heterocycles. The maximum atomic E-state index is 12.4. The number of aryl methyl sites for hydroxylation is 1. The van der Waals surface area contributed by atoms with Crippen molar-refractivity contribution in [3.63, 3.8) is 0 Å². The van der Waals surface area contributed by atoms with E-state index in [0.717, 1.165) is 5.56 Å². The molecular weight excluding hydrogens is 234 g/mol. The fourth-order valence-corrected chi connectivity index (χ4v) is 2.81. The number of rotatable bonds is 2. The molecule has 2 aromatic rings. The Morgan fingerprint density at radius 1 is 0.941 bits per heavy atom. The number of aromatic hydroxyl groups is 1. The van der Waals surface area contributed by atoms with Crippen LogP contribution >= 0.6 is 0 Å². The van der Waals surface area contributed by atoms with Gasteiger partial charge in [0.05, 0.1) is 9.79 Å². The molecule has 0 heterocycles. The van der Waals surface area contributed by atoms with Crippen molar-refractivity contribution in [1.82, 2.24) is 0 Å². The molecule has 0 radical (unpaired) electrons. The topological polar surface area (TPSA) is 61.2 Å². The summed E-state index contributed by atoms with van der Waals surface area (Å²) in [6.07, 6.45) is 0. The summed E-state index contributed by atoms with van der Waals surface area (Å²) in [5, 5.41) is 9.18. The quantitative estimate of drug-likeness (QED) is 0.856. The fourth-order valence-electron chi connectivity index (χ4n) is 1.50. The highest BCUT2D eigenvalue weighted by atomic mass is 32.2. The summed E-state index contributed by atoms with van der Waals surface area (Å²) in [5.41, 5.74) is 1.06. The van der Waals surface area contributed by atoms with E-state index in [0.29, 0.717) is 9.79 Å². The van der Waals surface area contributed by atoms with E-state index in [1.165, 1.54) is 24.3 Å². The first kappa shape index (κ1) is 11.7. The van der Waals surface area contributed by atoms with Crippen LogP contribution in [0.25, 0.3) is 0 Å². The molecule has 0 aliphatic heterocycles. The van der Waals surface area contributed by atoms with Gasteiger partial charge in [-0.05, 0) is 43.3 Å². The van der Waals surface area contributed by atoms with E-state index in [9.17, 15) is 9.32 Å². The molecule has 0 saturated carbocycles. The van der Waals surface area contributed by atoms with Crippen LogP contribution in [0.15, 0.2) is 58.3 Å². The van der Waals surface area contributed by atoms with Crippen LogP contribution in [0.5, 0.6) is 5.75 Å².